The lowest BCUT2D eigenvalue weighted by Crippen LogP contribution is -2.11. The molecule has 0 amide bonds. The van der Waals surface area contributed by atoms with Gasteiger partial charge in [0.05, 0.1) is 23.4 Å². The third-order valence-corrected chi connectivity index (χ3v) is 3.82. The Morgan fingerprint density at radius 2 is 2.35 bits per heavy atom. The minimum atomic E-state index is -0.682. The molecule has 0 fully saturated rings. The van der Waals surface area contributed by atoms with Crippen LogP contribution in [0.1, 0.15) is 23.7 Å². The Morgan fingerprint density at radius 1 is 1.60 bits per heavy atom. The van der Waals surface area contributed by atoms with E-state index in [1.807, 2.05) is 12.3 Å². The smallest absolute Gasteiger partial charge is 0.332 e. The van der Waals surface area contributed by atoms with Gasteiger partial charge in [-0.3, -0.25) is 14.9 Å². The third kappa shape index (κ3) is 3.09. The fourth-order valence-corrected chi connectivity index (χ4v) is 2.46. The summed E-state index contributed by atoms with van der Waals surface area (Å²) in [6.07, 6.45) is 2.65. The minimum absolute atomic E-state index is 0.0860. The number of nitro groups is 1. The van der Waals surface area contributed by atoms with Gasteiger partial charge in [-0.15, -0.1) is 11.3 Å². The molecule has 106 valence electrons. The van der Waals surface area contributed by atoms with Gasteiger partial charge in [0.15, 0.2) is 0 Å². The molecule has 0 unspecified atom stereocenters. The molecular formula is C12H13N3O4S. The number of hydrogen-bond donors (Lipinski definition) is 0. The molecule has 0 aromatic carbocycles. The summed E-state index contributed by atoms with van der Waals surface area (Å²) in [6, 6.07) is 1.18. The van der Waals surface area contributed by atoms with E-state index in [1.54, 1.807) is 11.7 Å². The fraction of sp³-hybridized carbons (Fsp3) is 0.333. The second kappa shape index (κ2) is 5.93. The molecule has 0 spiro atoms. The molecule has 0 bridgehead atoms. The summed E-state index contributed by atoms with van der Waals surface area (Å²) >= 11 is 1.47. The third-order valence-electron chi connectivity index (χ3n) is 2.77. The number of hydrogen-bond acceptors (Lipinski definition) is 6. The van der Waals surface area contributed by atoms with Crippen molar-refractivity contribution >= 4 is 17.0 Å². The van der Waals surface area contributed by atoms with Gasteiger partial charge in [-0.2, -0.15) is 0 Å². The molecule has 0 radical (unpaired) electrons. The van der Waals surface area contributed by atoms with Gasteiger partial charge in [0.25, 0.3) is 5.43 Å². The second-order valence-electron chi connectivity index (χ2n) is 4.18. The first kappa shape index (κ1) is 14.4. The molecule has 7 nitrogen and oxygen atoms in total. The van der Waals surface area contributed by atoms with Crippen LogP contribution in [0.3, 0.4) is 0 Å². The van der Waals surface area contributed by atoms with Gasteiger partial charge in [0.2, 0.25) is 0 Å². The van der Waals surface area contributed by atoms with Crippen LogP contribution in [-0.4, -0.2) is 21.6 Å². The summed E-state index contributed by atoms with van der Waals surface area (Å²) < 4.78 is 6.74. The van der Waals surface area contributed by atoms with Crippen LogP contribution >= 0.6 is 11.3 Å². The maximum Gasteiger partial charge on any atom is 0.332 e. The Hall–Kier alpha value is -2.06. The number of ether oxygens (including phenoxy) is 1. The van der Waals surface area contributed by atoms with Gasteiger partial charge < -0.3 is 9.30 Å². The van der Waals surface area contributed by atoms with Crippen LogP contribution < -0.4 is 5.43 Å². The number of nitrogens with zero attached hydrogens (tertiary/aromatic N) is 3. The quantitative estimate of drug-likeness (QED) is 0.621. The van der Waals surface area contributed by atoms with E-state index in [4.69, 9.17) is 4.74 Å². The SMILES string of the molecule is CO[C@H](C)c1nc(Cn2ccc(=O)c([N+](=O)[O-])c2)cs1. The van der Waals surface area contributed by atoms with E-state index in [9.17, 15) is 14.9 Å². The molecule has 0 N–H and O–H groups in total. The number of aromatic nitrogens is 2. The Morgan fingerprint density at radius 3 is 3.00 bits per heavy atom. The molecule has 0 aliphatic carbocycles. The molecule has 0 aliphatic heterocycles. The fourth-order valence-electron chi connectivity index (χ4n) is 1.62. The first-order chi connectivity index (χ1) is 9.51. The van der Waals surface area contributed by atoms with E-state index in [0.29, 0.717) is 6.54 Å². The molecule has 1 atom stereocenters. The van der Waals surface area contributed by atoms with Crippen molar-refractivity contribution in [1.29, 1.82) is 0 Å². The normalized spacial score (nSPS) is 12.3. The average Bonchev–Trinajstić information content (AvgIpc) is 2.88. The zero-order valence-corrected chi connectivity index (χ0v) is 11.8. The number of thiazole rings is 1. The minimum Gasteiger partial charge on any atom is -0.375 e. The predicted octanol–water partition coefficient (Wildman–Crippen LogP) is 1.97. The summed E-state index contributed by atoms with van der Waals surface area (Å²) in [6.45, 7) is 2.26. The van der Waals surface area contributed by atoms with E-state index < -0.39 is 16.0 Å². The van der Waals surface area contributed by atoms with E-state index in [1.165, 1.54) is 29.8 Å². The van der Waals surface area contributed by atoms with Crippen molar-refractivity contribution in [3.8, 4) is 0 Å². The van der Waals surface area contributed by atoms with Gasteiger partial charge in [0.1, 0.15) is 11.1 Å². The monoisotopic (exact) mass is 295 g/mol. The van der Waals surface area contributed by atoms with Gasteiger partial charge >= 0.3 is 5.69 Å². The van der Waals surface area contributed by atoms with Crippen molar-refractivity contribution < 1.29 is 9.66 Å². The highest BCUT2D eigenvalue weighted by Crippen LogP contribution is 2.20. The summed E-state index contributed by atoms with van der Waals surface area (Å²) in [5.74, 6) is 0. The van der Waals surface area contributed by atoms with Crippen molar-refractivity contribution in [2.24, 2.45) is 0 Å². The lowest BCUT2D eigenvalue weighted by molar-refractivity contribution is -0.386. The number of methoxy groups -OCH3 is 1. The summed E-state index contributed by atoms with van der Waals surface area (Å²) in [5.41, 5.74) is -0.265. The van der Waals surface area contributed by atoms with Crippen LogP contribution in [0.5, 0.6) is 0 Å². The zero-order valence-electron chi connectivity index (χ0n) is 11.0. The van der Waals surface area contributed by atoms with E-state index in [2.05, 4.69) is 4.98 Å². The molecule has 2 heterocycles. The standard InChI is InChI=1S/C12H13N3O4S/c1-8(19-2)12-13-9(7-20-12)5-14-4-3-11(16)10(6-14)15(17)18/h3-4,6-8H,5H2,1-2H3/t8-/m1/s1. The van der Waals surface area contributed by atoms with E-state index >= 15 is 0 Å². The number of rotatable bonds is 5. The average molecular weight is 295 g/mol. The maximum absolute atomic E-state index is 11.3. The molecule has 0 saturated carbocycles. The molecule has 2 aromatic heterocycles. The lowest BCUT2D eigenvalue weighted by Gasteiger charge is -2.05. The first-order valence-electron chi connectivity index (χ1n) is 5.83. The van der Waals surface area contributed by atoms with E-state index in [0.717, 1.165) is 10.7 Å². The molecule has 0 saturated heterocycles. The molecule has 8 heteroatoms. The van der Waals surface area contributed by atoms with Crippen LogP contribution in [0.15, 0.2) is 28.6 Å². The van der Waals surface area contributed by atoms with Crippen molar-refractivity contribution in [3.05, 3.63) is 54.9 Å². The van der Waals surface area contributed by atoms with Crippen LogP contribution in [0.2, 0.25) is 0 Å². The van der Waals surface area contributed by atoms with Gasteiger partial charge in [-0.1, -0.05) is 0 Å². The molecule has 0 aliphatic rings. The van der Waals surface area contributed by atoms with Crippen molar-refractivity contribution in [3.63, 3.8) is 0 Å². The predicted molar refractivity (Wildman–Crippen MR) is 74.0 cm³/mol. The molecule has 2 rings (SSSR count). The van der Waals surface area contributed by atoms with E-state index in [-0.39, 0.29) is 6.10 Å². The highest BCUT2D eigenvalue weighted by molar-refractivity contribution is 7.09. The van der Waals surface area contributed by atoms with Crippen molar-refractivity contribution in [2.75, 3.05) is 7.11 Å². The second-order valence-corrected chi connectivity index (χ2v) is 5.07. The van der Waals surface area contributed by atoms with Crippen LogP contribution in [-0.2, 0) is 11.3 Å². The summed E-state index contributed by atoms with van der Waals surface area (Å²) in [5, 5.41) is 13.4. The Bertz CT molecular complexity index is 679. The Labute approximate surface area is 118 Å². The topological polar surface area (TPSA) is 87.3 Å². The van der Waals surface area contributed by atoms with Gasteiger partial charge in [0, 0.05) is 24.8 Å². The van der Waals surface area contributed by atoms with Crippen LogP contribution in [0.4, 0.5) is 5.69 Å². The highest BCUT2D eigenvalue weighted by Gasteiger charge is 2.13. The summed E-state index contributed by atoms with van der Waals surface area (Å²) in [4.78, 5) is 25.7. The molecule has 20 heavy (non-hydrogen) atoms. The maximum atomic E-state index is 11.3. The largest absolute Gasteiger partial charge is 0.375 e. The van der Waals surface area contributed by atoms with Crippen molar-refractivity contribution in [2.45, 2.75) is 19.6 Å². The molecule has 2 aromatic rings. The molecular weight excluding hydrogens is 282 g/mol. The van der Waals surface area contributed by atoms with Gasteiger partial charge in [-0.05, 0) is 6.92 Å². The lowest BCUT2D eigenvalue weighted by atomic mass is 10.3. The van der Waals surface area contributed by atoms with Gasteiger partial charge in [-0.25, -0.2) is 4.98 Å². The van der Waals surface area contributed by atoms with Crippen molar-refractivity contribution in [1.82, 2.24) is 9.55 Å². The Balaban J connectivity index is 2.22. The van der Waals surface area contributed by atoms with Crippen LogP contribution in [0, 0.1) is 10.1 Å². The summed E-state index contributed by atoms with van der Waals surface area (Å²) in [7, 11) is 1.61. The number of pyridine rings is 1. The highest BCUT2D eigenvalue weighted by atomic mass is 32.1. The first-order valence-corrected chi connectivity index (χ1v) is 6.71. The Kier molecular flexibility index (Phi) is 4.26. The zero-order chi connectivity index (χ0) is 14.7. The van der Waals surface area contributed by atoms with Crippen LogP contribution in [0.25, 0.3) is 0 Å².